The van der Waals surface area contributed by atoms with Crippen molar-refractivity contribution < 1.29 is 19.7 Å². The zero-order chi connectivity index (χ0) is 32.4. The Kier molecular flexibility index (Phi) is 8.38. The number of aryl methyl sites for hydroxylation is 1. The second-order valence-corrected chi connectivity index (χ2v) is 16.4. The number of allylic oxidation sites excluding steroid dienone is 1. The van der Waals surface area contributed by atoms with Crippen LogP contribution in [-0.4, -0.2) is 50.0 Å². The third kappa shape index (κ3) is 5.21. The van der Waals surface area contributed by atoms with Crippen molar-refractivity contribution in [2.75, 3.05) is 6.61 Å². The summed E-state index contributed by atoms with van der Waals surface area (Å²) in [7, 11) is 0. The second kappa shape index (κ2) is 11.6. The van der Waals surface area contributed by atoms with Gasteiger partial charge in [0, 0.05) is 16.4 Å². The van der Waals surface area contributed by atoms with Crippen LogP contribution >= 0.6 is 0 Å². The third-order valence-electron chi connectivity index (χ3n) is 13.9. The zero-order valence-electron chi connectivity index (χ0n) is 28.6. The lowest BCUT2D eigenvalue weighted by atomic mass is 9.38. The Hall–Kier alpha value is -2.51. The molecule has 4 aliphatic rings. The number of hydrogen-bond donors (Lipinski definition) is 2. The maximum Gasteiger partial charge on any atom is 0.327 e. The van der Waals surface area contributed by atoms with E-state index in [0.29, 0.717) is 30.3 Å². The molecular weight excluding hydrogens is 562 g/mol. The molecule has 0 bridgehead atoms. The first-order valence-corrected chi connectivity index (χ1v) is 17.4. The standard InChI is InChI=1S/C38H55N3O4/c1-24-10-12-26(13-11-24)30-22-41(40-39-30)23-34(44)45-20-8-9-25(2)27-18-19-36(5)31-16-14-28-29(15-17-32(42)35(28,3)4)38(31,7)33(43)21-37(27,36)6/h10-14,22,25,27,29,31-33,42-43H,8-9,15-21,23H2,1-7H3/t25-,27-,29-,31+,32+,33-,36+,37-,38+/m1/s1. The van der Waals surface area contributed by atoms with Gasteiger partial charge in [-0.05, 0) is 92.8 Å². The van der Waals surface area contributed by atoms with E-state index in [2.05, 4.69) is 57.9 Å². The number of carbonyl (C=O) groups is 1. The smallest absolute Gasteiger partial charge is 0.327 e. The number of rotatable bonds is 8. The van der Waals surface area contributed by atoms with Crippen LogP contribution in [0.5, 0.6) is 0 Å². The van der Waals surface area contributed by atoms with Gasteiger partial charge in [-0.3, -0.25) is 4.79 Å². The van der Waals surface area contributed by atoms with Gasteiger partial charge in [-0.25, -0.2) is 4.68 Å². The fourth-order valence-corrected chi connectivity index (χ4v) is 10.9. The molecule has 246 valence electrons. The number of fused-ring (bicyclic) bond motifs is 5. The molecule has 0 spiro atoms. The molecule has 9 atom stereocenters. The molecule has 1 aromatic carbocycles. The molecule has 0 radical (unpaired) electrons. The first kappa shape index (κ1) is 32.4. The molecular formula is C38H55N3O4. The number of aromatic nitrogens is 3. The van der Waals surface area contributed by atoms with Crippen LogP contribution in [0, 0.1) is 52.3 Å². The van der Waals surface area contributed by atoms with Crippen LogP contribution in [0.1, 0.15) is 98.5 Å². The van der Waals surface area contributed by atoms with Gasteiger partial charge in [0.25, 0.3) is 0 Å². The summed E-state index contributed by atoms with van der Waals surface area (Å²) in [6, 6.07) is 8.09. The average Bonchev–Trinajstić information content (AvgIpc) is 3.55. The largest absolute Gasteiger partial charge is 0.464 e. The molecule has 0 amide bonds. The summed E-state index contributed by atoms with van der Waals surface area (Å²) in [5.41, 5.74) is 4.12. The summed E-state index contributed by atoms with van der Waals surface area (Å²) in [5.74, 6) is 1.49. The van der Waals surface area contributed by atoms with Crippen molar-refractivity contribution in [1.82, 2.24) is 15.0 Å². The number of benzene rings is 1. The normalized spacial score (nSPS) is 37.6. The minimum atomic E-state index is -0.350. The maximum atomic E-state index is 12.6. The van der Waals surface area contributed by atoms with Crippen LogP contribution < -0.4 is 0 Å². The third-order valence-corrected chi connectivity index (χ3v) is 13.9. The maximum absolute atomic E-state index is 12.6. The summed E-state index contributed by atoms with van der Waals surface area (Å²) in [6.07, 6.45) is 11.4. The second-order valence-electron chi connectivity index (χ2n) is 16.4. The van der Waals surface area contributed by atoms with Crippen LogP contribution in [0.25, 0.3) is 11.3 Å². The molecule has 1 aromatic heterocycles. The van der Waals surface area contributed by atoms with Crippen molar-refractivity contribution in [3.05, 3.63) is 47.7 Å². The summed E-state index contributed by atoms with van der Waals surface area (Å²) >= 11 is 0. The predicted molar refractivity (Wildman–Crippen MR) is 176 cm³/mol. The number of nitrogens with zero attached hydrogens (tertiary/aromatic N) is 3. The van der Waals surface area contributed by atoms with Gasteiger partial charge in [-0.15, -0.1) is 5.10 Å². The van der Waals surface area contributed by atoms with Gasteiger partial charge in [-0.1, -0.05) is 88.2 Å². The van der Waals surface area contributed by atoms with E-state index < -0.39 is 0 Å². The highest BCUT2D eigenvalue weighted by molar-refractivity contribution is 5.69. The topological polar surface area (TPSA) is 97.5 Å². The first-order valence-electron chi connectivity index (χ1n) is 17.4. The summed E-state index contributed by atoms with van der Waals surface area (Å²) in [5, 5.41) is 31.3. The highest BCUT2D eigenvalue weighted by Gasteiger charge is 2.70. The fraction of sp³-hybridized carbons (Fsp3) is 0.711. The number of ether oxygens (including phenoxy) is 1. The molecule has 2 aromatic rings. The number of carbonyl (C=O) groups excluding carboxylic acids is 1. The minimum Gasteiger partial charge on any atom is -0.464 e. The van der Waals surface area contributed by atoms with E-state index in [0.717, 1.165) is 49.8 Å². The Bertz CT molecular complexity index is 1430. The Balaban J connectivity index is 1.06. The van der Waals surface area contributed by atoms with Crippen LogP contribution in [0.3, 0.4) is 0 Å². The number of aliphatic hydroxyl groups excluding tert-OH is 2. The molecule has 0 unspecified atom stereocenters. The van der Waals surface area contributed by atoms with Gasteiger partial charge in [0.05, 0.1) is 25.0 Å². The van der Waals surface area contributed by atoms with Crippen LogP contribution in [0.2, 0.25) is 0 Å². The van der Waals surface area contributed by atoms with Crippen LogP contribution in [0.4, 0.5) is 0 Å². The van der Waals surface area contributed by atoms with E-state index in [9.17, 15) is 15.0 Å². The van der Waals surface area contributed by atoms with Gasteiger partial charge in [-0.2, -0.15) is 0 Å². The lowest BCUT2D eigenvalue weighted by Crippen LogP contribution is -2.64. The summed E-state index contributed by atoms with van der Waals surface area (Å²) in [4.78, 5) is 12.6. The summed E-state index contributed by atoms with van der Waals surface area (Å²) < 4.78 is 7.17. The molecule has 1 heterocycles. The molecule has 45 heavy (non-hydrogen) atoms. The SMILES string of the molecule is Cc1ccc(-c2cn(CC(=O)OCCC[C@@H](C)[C@H]3CC[C@@]4(C)[C@@H]5CC=C6[C@@H](CC[C@H](O)C6(C)C)[C@]5(C)[C@H](O)C[C@]34C)nn2)cc1. The molecule has 0 aliphatic heterocycles. The molecule has 3 fully saturated rings. The average molecular weight is 618 g/mol. The fourth-order valence-electron chi connectivity index (χ4n) is 10.9. The molecule has 2 N–H and O–H groups in total. The highest BCUT2D eigenvalue weighted by Crippen LogP contribution is 2.74. The minimum absolute atomic E-state index is 0.0544. The highest BCUT2D eigenvalue weighted by atomic mass is 16.5. The Morgan fingerprint density at radius 2 is 1.78 bits per heavy atom. The zero-order valence-corrected chi connectivity index (χ0v) is 28.6. The lowest BCUT2D eigenvalue weighted by Gasteiger charge is -2.67. The Morgan fingerprint density at radius 1 is 1.04 bits per heavy atom. The molecule has 7 heteroatoms. The number of hydrogen-bond acceptors (Lipinski definition) is 6. The molecule has 4 aliphatic carbocycles. The van der Waals surface area contributed by atoms with Gasteiger partial charge < -0.3 is 14.9 Å². The number of esters is 1. The number of aliphatic hydroxyl groups is 2. The van der Waals surface area contributed by atoms with E-state index in [1.54, 1.807) is 10.9 Å². The summed E-state index contributed by atoms with van der Waals surface area (Å²) in [6.45, 7) is 16.7. The van der Waals surface area contributed by atoms with E-state index in [1.165, 1.54) is 24.0 Å². The molecule has 7 nitrogen and oxygen atoms in total. The Labute approximate surface area is 269 Å². The van der Waals surface area contributed by atoms with E-state index in [1.807, 2.05) is 31.2 Å². The van der Waals surface area contributed by atoms with Gasteiger partial charge in [0.1, 0.15) is 12.2 Å². The van der Waals surface area contributed by atoms with Crippen LogP contribution in [-0.2, 0) is 16.1 Å². The lowest BCUT2D eigenvalue weighted by molar-refractivity contribution is -0.204. The molecule has 3 saturated carbocycles. The van der Waals surface area contributed by atoms with Gasteiger partial charge in [0.15, 0.2) is 0 Å². The van der Waals surface area contributed by atoms with E-state index in [4.69, 9.17) is 4.74 Å². The van der Waals surface area contributed by atoms with Crippen molar-refractivity contribution in [1.29, 1.82) is 0 Å². The van der Waals surface area contributed by atoms with E-state index >= 15 is 0 Å². The van der Waals surface area contributed by atoms with Crippen molar-refractivity contribution in [2.24, 2.45) is 45.3 Å². The molecule has 6 rings (SSSR count). The Morgan fingerprint density at radius 3 is 2.51 bits per heavy atom. The van der Waals surface area contributed by atoms with Gasteiger partial charge in [0.2, 0.25) is 0 Å². The first-order chi connectivity index (χ1) is 21.2. The molecule has 0 saturated heterocycles. The predicted octanol–water partition coefficient (Wildman–Crippen LogP) is 7.15. The van der Waals surface area contributed by atoms with Crippen molar-refractivity contribution in [2.45, 2.75) is 119 Å². The van der Waals surface area contributed by atoms with Gasteiger partial charge >= 0.3 is 5.97 Å². The van der Waals surface area contributed by atoms with Crippen molar-refractivity contribution in [3.63, 3.8) is 0 Å². The van der Waals surface area contributed by atoms with Crippen LogP contribution in [0.15, 0.2) is 42.1 Å². The monoisotopic (exact) mass is 617 g/mol. The van der Waals surface area contributed by atoms with Crippen molar-refractivity contribution >= 4 is 5.97 Å². The van der Waals surface area contributed by atoms with Crippen molar-refractivity contribution in [3.8, 4) is 11.3 Å². The quantitative estimate of drug-likeness (QED) is 0.186. The van der Waals surface area contributed by atoms with E-state index in [-0.39, 0.29) is 46.4 Å².